The normalized spacial score (nSPS) is 22.3. The van der Waals surface area contributed by atoms with Crippen LogP contribution in [-0.4, -0.2) is 61.3 Å². The number of anilines is 1. The van der Waals surface area contributed by atoms with Crippen LogP contribution in [-0.2, 0) is 30.5 Å². The Balaban J connectivity index is 1.24. The van der Waals surface area contributed by atoms with Gasteiger partial charge in [0.1, 0.15) is 5.70 Å². The van der Waals surface area contributed by atoms with Gasteiger partial charge in [-0.2, -0.15) is 0 Å². The van der Waals surface area contributed by atoms with Gasteiger partial charge in [0.2, 0.25) is 18.4 Å². The van der Waals surface area contributed by atoms with Crippen LogP contribution in [0.3, 0.4) is 0 Å². The fourth-order valence-corrected chi connectivity index (χ4v) is 6.85. The number of esters is 1. The Morgan fingerprint density at radius 1 is 0.957 bits per heavy atom. The van der Waals surface area contributed by atoms with E-state index in [4.69, 9.17) is 23.7 Å². The summed E-state index contributed by atoms with van der Waals surface area (Å²) in [5.74, 6) is -2.16. The van der Waals surface area contributed by atoms with Gasteiger partial charge in [0.15, 0.2) is 23.0 Å². The number of phenols is 1. The molecule has 1 fully saturated rings. The summed E-state index contributed by atoms with van der Waals surface area (Å²) < 4.78 is 27.9. The van der Waals surface area contributed by atoms with E-state index < -0.39 is 41.6 Å². The van der Waals surface area contributed by atoms with Crippen LogP contribution >= 0.6 is 0 Å². The maximum atomic E-state index is 13.6. The van der Waals surface area contributed by atoms with E-state index in [9.17, 15) is 24.3 Å². The molecule has 0 unspecified atom stereocenters. The number of carbonyl (C=O) groups is 4. The fraction of sp³-hybridized carbons (Fsp3) is 0.294. The molecule has 1 saturated heterocycles. The van der Waals surface area contributed by atoms with Crippen LogP contribution in [0.4, 0.5) is 5.69 Å². The number of nitrogens with zero attached hydrogens (tertiary/aromatic N) is 1. The predicted octanol–water partition coefficient (Wildman–Crippen LogP) is 3.11. The SMILES string of the molecule is COc1cc([C@@H]2c3cc4c(cc3[C@@H](NC3=CC(=O)N(Cc5ccc(NC(C)=O)cc5)C3=O)[C@H]3COC(=O)[C@H]23)OCO4)cc(OC)c1O. The second-order valence-electron chi connectivity index (χ2n) is 11.7. The van der Waals surface area contributed by atoms with E-state index in [-0.39, 0.29) is 48.8 Å². The van der Waals surface area contributed by atoms with Crippen molar-refractivity contribution in [2.45, 2.75) is 25.4 Å². The van der Waals surface area contributed by atoms with Crippen LogP contribution in [0.15, 0.2) is 60.3 Å². The topological polar surface area (TPSA) is 162 Å². The van der Waals surface area contributed by atoms with E-state index in [0.29, 0.717) is 28.3 Å². The molecule has 3 aromatic carbocycles. The average Bonchev–Trinajstić information content (AvgIpc) is 3.75. The monoisotopic (exact) mass is 641 g/mol. The van der Waals surface area contributed by atoms with E-state index in [1.54, 1.807) is 36.4 Å². The molecular formula is C34H31N3O10. The number of aromatic hydroxyl groups is 1. The molecule has 1 aliphatic carbocycles. The predicted molar refractivity (Wildman–Crippen MR) is 164 cm³/mol. The average molecular weight is 642 g/mol. The van der Waals surface area contributed by atoms with Crippen molar-refractivity contribution in [3.63, 3.8) is 0 Å². The van der Waals surface area contributed by atoms with E-state index in [1.165, 1.54) is 27.2 Å². The highest BCUT2D eigenvalue weighted by atomic mass is 16.7. The summed E-state index contributed by atoms with van der Waals surface area (Å²) in [6.45, 7) is 1.53. The van der Waals surface area contributed by atoms with E-state index in [1.807, 2.05) is 12.1 Å². The molecule has 0 radical (unpaired) electrons. The summed E-state index contributed by atoms with van der Waals surface area (Å²) in [5.41, 5.74) is 3.48. The molecule has 4 atom stereocenters. The lowest BCUT2D eigenvalue weighted by molar-refractivity contribution is -0.142. The highest BCUT2D eigenvalue weighted by molar-refractivity contribution is 6.15. The Labute approximate surface area is 269 Å². The number of hydrogen-bond acceptors (Lipinski definition) is 11. The van der Waals surface area contributed by atoms with Gasteiger partial charge in [0.05, 0.1) is 39.3 Å². The van der Waals surface area contributed by atoms with Crippen molar-refractivity contribution >= 4 is 29.4 Å². The molecule has 13 nitrogen and oxygen atoms in total. The van der Waals surface area contributed by atoms with Gasteiger partial charge in [-0.3, -0.25) is 24.1 Å². The number of imide groups is 1. The zero-order chi connectivity index (χ0) is 33.0. The molecule has 0 saturated carbocycles. The van der Waals surface area contributed by atoms with Crippen LogP contribution < -0.4 is 29.6 Å². The van der Waals surface area contributed by atoms with Crippen molar-refractivity contribution in [3.8, 4) is 28.7 Å². The molecule has 3 aliphatic heterocycles. The van der Waals surface area contributed by atoms with Crippen LogP contribution in [0.2, 0.25) is 0 Å². The van der Waals surface area contributed by atoms with Crippen LogP contribution in [0, 0.1) is 11.8 Å². The van der Waals surface area contributed by atoms with Gasteiger partial charge in [0, 0.05) is 30.5 Å². The minimum absolute atomic E-state index is 0.0234. The molecule has 47 heavy (non-hydrogen) atoms. The molecule has 7 rings (SSSR count). The quantitative estimate of drug-likeness (QED) is 0.245. The third-order valence-corrected chi connectivity index (χ3v) is 8.98. The Morgan fingerprint density at radius 2 is 1.62 bits per heavy atom. The van der Waals surface area contributed by atoms with E-state index in [0.717, 1.165) is 16.0 Å². The lowest BCUT2D eigenvalue weighted by Crippen LogP contribution is -2.42. The summed E-state index contributed by atoms with van der Waals surface area (Å²) in [7, 11) is 2.85. The minimum atomic E-state index is -0.703. The zero-order valence-electron chi connectivity index (χ0n) is 25.7. The van der Waals surface area contributed by atoms with Crippen molar-refractivity contribution in [1.82, 2.24) is 10.2 Å². The minimum Gasteiger partial charge on any atom is -0.502 e. The molecule has 0 bridgehead atoms. The largest absolute Gasteiger partial charge is 0.502 e. The molecule has 242 valence electrons. The second kappa shape index (κ2) is 11.6. The van der Waals surface area contributed by atoms with Crippen LogP contribution in [0.25, 0.3) is 0 Å². The van der Waals surface area contributed by atoms with E-state index >= 15 is 0 Å². The maximum Gasteiger partial charge on any atom is 0.310 e. The third-order valence-electron chi connectivity index (χ3n) is 8.98. The number of carbonyl (C=O) groups excluding carboxylic acids is 4. The van der Waals surface area contributed by atoms with Gasteiger partial charge in [-0.25, -0.2) is 0 Å². The van der Waals surface area contributed by atoms with Crippen molar-refractivity contribution < 1.29 is 48.0 Å². The molecule has 0 aromatic heterocycles. The highest BCUT2D eigenvalue weighted by Gasteiger charge is 2.53. The fourth-order valence-electron chi connectivity index (χ4n) is 6.85. The molecule has 4 aliphatic rings. The lowest BCUT2D eigenvalue weighted by Gasteiger charge is -2.40. The van der Waals surface area contributed by atoms with Gasteiger partial charge in [-0.05, 0) is 58.7 Å². The summed E-state index contributed by atoms with van der Waals surface area (Å²) >= 11 is 0. The molecule has 3 N–H and O–H groups in total. The van der Waals surface area contributed by atoms with Crippen LogP contribution in [0.5, 0.6) is 28.7 Å². The molecule has 3 aromatic rings. The van der Waals surface area contributed by atoms with Crippen LogP contribution in [0.1, 0.15) is 41.1 Å². The lowest BCUT2D eigenvalue weighted by atomic mass is 9.65. The number of phenolic OH excluding ortho intramolecular Hbond substituents is 1. The number of hydrogen-bond donors (Lipinski definition) is 3. The number of nitrogens with one attached hydrogen (secondary N) is 2. The van der Waals surface area contributed by atoms with Gasteiger partial charge in [-0.15, -0.1) is 0 Å². The number of ether oxygens (including phenoxy) is 5. The number of amides is 3. The third kappa shape index (κ3) is 5.13. The number of fused-ring (bicyclic) bond motifs is 3. The van der Waals surface area contributed by atoms with Gasteiger partial charge >= 0.3 is 5.97 Å². The first-order chi connectivity index (χ1) is 22.7. The second-order valence-corrected chi connectivity index (χ2v) is 11.7. The Kier molecular flexibility index (Phi) is 7.38. The van der Waals surface area contributed by atoms with Crippen molar-refractivity contribution in [2.24, 2.45) is 11.8 Å². The maximum absolute atomic E-state index is 13.6. The standard InChI is InChI=1S/C34H31N3O10/c1-16(38)35-19-6-4-17(5-7-19)13-37-28(39)12-23(33(37)41)36-31-21-11-25-24(46-15-47-25)10-20(21)29(30-22(31)14-45-34(30)42)18-8-26(43-2)32(40)27(9-18)44-3/h4-12,22,29-31,36,40H,13-15H2,1-3H3,(H,35,38)/t22-,29+,30-,31+/m0/s1. The van der Waals surface area contributed by atoms with Gasteiger partial charge in [-0.1, -0.05) is 12.1 Å². The van der Waals surface area contributed by atoms with Gasteiger partial charge < -0.3 is 39.4 Å². The summed E-state index contributed by atoms with van der Waals surface area (Å²) in [5, 5.41) is 16.6. The molecular weight excluding hydrogens is 610 g/mol. The van der Waals surface area contributed by atoms with E-state index in [2.05, 4.69) is 10.6 Å². The first-order valence-electron chi connectivity index (χ1n) is 14.9. The zero-order valence-corrected chi connectivity index (χ0v) is 25.7. The summed E-state index contributed by atoms with van der Waals surface area (Å²) in [4.78, 5) is 52.7. The van der Waals surface area contributed by atoms with Crippen molar-refractivity contribution in [1.29, 1.82) is 0 Å². The Morgan fingerprint density at radius 3 is 2.26 bits per heavy atom. The Hall–Kier alpha value is -5.72. The molecule has 13 heteroatoms. The first kappa shape index (κ1) is 30.0. The summed E-state index contributed by atoms with van der Waals surface area (Å²) in [6, 6.07) is 13.2. The molecule has 3 heterocycles. The number of cyclic esters (lactones) is 1. The first-order valence-corrected chi connectivity index (χ1v) is 14.9. The molecule has 3 amide bonds. The number of methoxy groups -OCH3 is 2. The smallest absolute Gasteiger partial charge is 0.310 e. The Bertz CT molecular complexity index is 1830. The van der Waals surface area contributed by atoms with Crippen molar-refractivity contribution in [3.05, 3.63) is 82.6 Å². The van der Waals surface area contributed by atoms with Gasteiger partial charge in [0.25, 0.3) is 11.8 Å². The number of rotatable bonds is 8. The number of benzene rings is 3. The highest BCUT2D eigenvalue weighted by Crippen LogP contribution is 2.55. The molecule has 0 spiro atoms. The van der Waals surface area contributed by atoms with Crippen molar-refractivity contribution in [2.75, 3.05) is 32.9 Å². The summed E-state index contributed by atoms with van der Waals surface area (Å²) in [6.07, 6.45) is 1.26.